The van der Waals surface area contributed by atoms with Gasteiger partial charge in [0.05, 0.1) is 6.04 Å². The van der Waals surface area contributed by atoms with Crippen molar-refractivity contribution in [3.8, 4) is 0 Å². The summed E-state index contributed by atoms with van der Waals surface area (Å²) in [6.07, 6.45) is 1.09. The highest BCUT2D eigenvalue weighted by Crippen LogP contribution is 2.02. The second-order valence-electron chi connectivity index (χ2n) is 3.11. The maximum Gasteiger partial charge on any atom is 0.320 e. The molecule has 6 nitrogen and oxygen atoms in total. The number of aliphatic hydroxyl groups is 1. The van der Waals surface area contributed by atoms with Gasteiger partial charge in [-0.05, 0) is 19.3 Å². The van der Waals surface area contributed by atoms with Crippen LogP contribution in [0.15, 0.2) is 0 Å². The minimum atomic E-state index is -1.06. The van der Waals surface area contributed by atoms with E-state index in [-0.39, 0.29) is 6.42 Å². The summed E-state index contributed by atoms with van der Waals surface area (Å²) in [5.41, 5.74) is 10.6. The third-order valence-corrected chi connectivity index (χ3v) is 1.92. The van der Waals surface area contributed by atoms with Gasteiger partial charge >= 0.3 is 5.97 Å². The number of hydrogen-bond donors (Lipinski definition) is 4. The minimum absolute atomic E-state index is 0.280. The zero-order valence-corrected chi connectivity index (χ0v) is 7.85. The fourth-order valence-electron chi connectivity index (χ4n) is 0.959. The third-order valence-electron chi connectivity index (χ3n) is 1.92. The molecule has 0 aliphatic rings. The van der Waals surface area contributed by atoms with Crippen molar-refractivity contribution >= 4 is 11.8 Å². The zero-order chi connectivity index (χ0) is 11.1. The number of carbonyl (C=O) groups excluding carboxylic acids is 1. The normalized spacial score (nSPS) is 14.8. The van der Waals surface area contributed by atoms with Gasteiger partial charge in [-0.2, -0.15) is 0 Å². The van der Waals surface area contributed by atoms with E-state index in [0.717, 1.165) is 0 Å². The van der Waals surface area contributed by atoms with Crippen molar-refractivity contribution in [2.75, 3.05) is 6.61 Å². The molecule has 0 aliphatic carbocycles. The van der Waals surface area contributed by atoms with Crippen molar-refractivity contribution in [2.45, 2.75) is 31.3 Å². The molecule has 0 aromatic rings. The number of nitrogens with two attached hydrogens (primary N) is 2. The van der Waals surface area contributed by atoms with Crippen LogP contribution in [0.4, 0.5) is 0 Å². The number of rotatable bonds is 7. The smallest absolute Gasteiger partial charge is 0.320 e. The molecule has 14 heavy (non-hydrogen) atoms. The first-order chi connectivity index (χ1) is 6.49. The van der Waals surface area contributed by atoms with E-state index in [0.29, 0.717) is 12.8 Å². The van der Waals surface area contributed by atoms with Crippen LogP contribution in [0.3, 0.4) is 0 Å². The number of carboxylic acids is 1. The summed E-state index contributed by atoms with van der Waals surface area (Å²) >= 11 is 0. The van der Waals surface area contributed by atoms with Crippen LogP contribution in [0.1, 0.15) is 19.3 Å². The lowest BCUT2D eigenvalue weighted by Crippen LogP contribution is -2.34. The quantitative estimate of drug-likeness (QED) is 0.398. The molecular formula is C8H16N2O4. The van der Waals surface area contributed by atoms with Gasteiger partial charge < -0.3 is 21.7 Å². The maximum atomic E-state index is 10.8. The molecule has 0 aromatic carbocycles. The van der Waals surface area contributed by atoms with Crippen molar-refractivity contribution in [3.05, 3.63) is 0 Å². The molecule has 0 radical (unpaired) electrons. The number of hydrogen-bond acceptors (Lipinski definition) is 5. The van der Waals surface area contributed by atoms with Crippen LogP contribution in [-0.2, 0) is 9.59 Å². The Balaban J connectivity index is 3.64. The summed E-state index contributed by atoms with van der Waals surface area (Å²) in [4.78, 5) is 21.1. The van der Waals surface area contributed by atoms with Gasteiger partial charge in [0.2, 0.25) is 0 Å². The molecule has 0 aliphatic heterocycles. The van der Waals surface area contributed by atoms with Gasteiger partial charge in [-0.3, -0.25) is 9.59 Å². The van der Waals surface area contributed by atoms with Crippen molar-refractivity contribution < 1.29 is 19.8 Å². The lowest BCUT2D eigenvalue weighted by atomic mass is 10.0. The average molecular weight is 204 g/mol. The molecule has 0 amide bonds. The SMILES string of the molecule is NC(CCC[C@H](N)C(=O)O)C(=O)CO. The number of aliphatic hydroxyl groups excluding tert-OH is 1. The molecule has 1 unspecified atom stereocenters. The topological polar surface area (TPSA) is 127 Å². The van der Waals surface area contributed by atoms with Crippen LogP contribution >= 0.6 is 0 Å². The molecule has 0 rings (SSSR count). The molecule has 0 aromatic heterocycles. The highest BCUT2D eigenvalue weighted by molar-refractivity contribution is 5.84. The van der Waals surface area contributed by atoms with Gasteiger partial charge in [-0.1, -0.05) is 0 Å². The van der Waals surface area contributed by atoms with Crippen LogP contribution in [0.2, 0.25) is 0 Å². The van der Waals surface area contributed by atoms with Crippen molar-refractivity contribution in [3.63, 3.8) is 0 Å². The number of carbonyl (C=O) groups is 2. The van der Waals surface area contributed by atoms with E-state index in [4.69, 9.17) is 21.7 Å². The molecule has 0 bridgehead atoms. The maximum absolute atomic E-state index is 10.8. The third kappa shape index (κ3) is 4.90. The summed E-state index contributed by atoms with van der Waals surface area (Å²) in [5.74, 6) is -1.50. The van der Waals surface area contributed by atoms with E-state index in [1.807, 2.05) is 0 Å². The van der Waals surface area contributed by atoms with E-state index in [1.54, 1.807) is 0 Å². The van der Waals surface area contributed by atoms with Gasteiger partial charge in [0.15, 0.2) is 5.78 Å². The largest absolute Gasteiger partial charge is 0.480 e. The Bertz CT molecular complexity index is 208. The molecule has 6 N–H and O–H groups in total. The van der Waals surface area contributed by atoms with Crippen LogP contribution < -0.4 is 11.5 Å². The van der Waals surface area contributed by atoms with Crippen molar-refractivity contribution in [1.29, 1.82) is 0 Å². The Hall–Kier alpha value is -0.980. The van der Waals surface area contributed by atoms with Gasteiger partial charge in [0.25, 0.3) is 0 Å². The Kier molecular flexibility index (Phi) is 6.02. The van der Waals surface area contributed by atoms with Crippen LogP contribution in [0, 0.1) is 0 Å². The molecule has 0 spiro atoms. The summed E-state index contributed by atoms with van der Waals surface area (Å²) < 4.78 is 0. The van der Waals surface area contributed by atoms with E-state index >= 15 is 0 Å². The fraction of sp³-hybridized carbons (Fsp3) is 0.750. The van der Waals surface area contributed by atoms with E-state index in [9.17, 15) is 9.59 Å². The van der Waals surface area contributed by atoms with Gasteiger partial charge in [-0.25, -0.2) is 0 Å². The number of Topliss-reactive ketones (excluding diaryl/α,β-unsaturated/α-hetero) is 1. The lowest BCUT2D eigenvalue weighted by molar-refractivity contribution is -0.138. The molecular weight excluding hydrogens is 188 g/mol. The Morgan fingerprint density at radius 2 is 1.64 bits per heavy atom. The van der Waals surface area contributed by atoms with Gasteiger partial charge in [-0.15, -0.1) is 0 Å². The zero-order valence-electron chi connectivity index (χ0n) is 7.85. The van der Waals surface area contributed by atoms with Gasteiger partial charge in [0.1, 0.15) is 12.6 Å². The monoisotopic (exact) mass is 204 g/mol. The summed E-state index contributed by atoms with van der Waals surface area (Å²) in [6, 6.07) is -1.63. The highest BCUT2D eigenvalue weighted by Gasteiger charge is 2.14. The second-order valence-corrected chi connectivity index (χ2v) is 3.11. The molecule has 0 saturated heterocycles. The number of carboxylic acid groups (broad SMARTS) is 1. The Labute approximate surface area is 81.9 Å². The first-order valence-corrected chi connectivity index (χ1v) is 4.36. The first kappa shape index (κ1) is 13.0. The van der Waals surface area contributed by atoms with E-state index in [1.165, 1.54) is 0 Å². The summed E-state index contributed by atoms with van der Waals surface area (Å²) in [6.45, 7) is -0.577. The molecule has 0 saturated carbocycles. The van der Waals surface area contributed by atoms with Crippen LogP contribution in [0.25, 0.3) is 0 Å². The predicted octanol–water partition coefficient (Wildman–Crippen LogP) is -1.54. The average Bonchev–Trinajstić information content (AvgIpc) is 2.15. The first-order valence-electron chi connectivity index (χ1n) is 4.36. The van der Waals surface area contributed by atoms with Crippen LogP contribution in [-0.4, -0.2) is 40.7 Å². The van der Waals surface area contributed by atoms with Crippen LogP contribution in [0.5, 0.6) is 0 Å². The standard InChI is InChI=1S/C8H16N2O4/c9-5(7(12)4-11)2-1-3-6(10)8(13)14/h5-6,11H,1-4,9-10H2,(H,13,14)/t5?,6-/m0/s1. The Morgan fingerprint density at radius 3 is 2.07 bits per heavy atom. The second kappa shape index (κ2) is 6.47. The molecule has 6 heteroatoms. The summed E-state index contributed by atoms with van der Waals surface area (Å²) in [5, 5.41) is 16.9. The number of ketones is 1. The Morgan fingerprint density at radius 1 is 1.14 bits per heavy atom. The minimum Gasteiger partial charge on any atom is -0.480 e. The molecule has 82 valence electrons. The lowest BCUT2D eigenvalue weighted by Gasteiger charge is -2.09. The van der Waals surface area contributed by atoms with E-state index < -0.39 is 30.4 Å². The molecule has 0 heterocycles. The van der Waals surface area contributed by atoms with Gasteiger partial charge in [0, 0.05) is 0 Å². The molecule has 0 fully saturated rings. The van der Waals surface area contributed by atoms with Crippen molar-refractivity contribution in [1.82, 2.24) is 0 Å². The highest BCUT2D eigenvalue weighted by atomic mass is 16.4. The fourth-order valence-corrected chi connectivity index (χ4v) is 0.959. The molecule has 2 atom stereocenters. The number of aliphatic carboxylic acids is 1. The van der Waals surface area contributed by atoms with Crippen molar-refractivity contribution in [2.24, 2.45) is 11.5 Å². The van der Waals surface area contributed by atoms with E-state index in [2.05, 4.69) is 0 Å². The predicted molar refractivity (Wildman–Crippen MR) is 49.5 cm³/mol. The summed E-state index contributed by atoms with van der Waals surface area (Å²) in [7, 11) is 0.